The second-order valence-electron chi connectivity index (χ2n) is 3.77. The lowest BCUT2D eigenvalue weighted by molar-refractivity contribution is 0.0937. The Morgan fingerprint density at radius 2 is 2.06 bits per heavy atom. The number of unbranched alkanes of at least 4 members (excludes halogenated alkanes) is 1. The second kappa shape index (κ2) is 7.12. The largest absolute Gasteiger partial charge is 0.303 e. The summed E-state index contributed by atoms with van der Waals surface area (Å²) in [6.07, 6.45) is 3.04. The molecule has 0 saturated heterocycles. The molecule has 2 N–H and O–H groups in total. The monoisotopic (exact) mass is 296 g/mol. The zero-order valence-electron chi connectivity index (χ0n) is 9.92. The van der Waals surface area contributed by atoms with Crippen molar-refractivity contribution in [1.82, 2.24) is 10.9 Å². The molecule has 0 spiro atoms. The van der Waals surface area contributed by atoms with Gasteiger partial charge in [0, 0.05) is 10.2 Å². The molecular weight excluding hydrogens is 280 g/mol. The molecule has 1 rings (SSSR count). The highest BCUT2D eigenvalue weighted by molar-refractivity contribution is 9.10. The number of nitrogens with one attached hydrogen (secondary N) is 2. The van der Waals surface area contributed by atoms with Crippen LogP contribution in [-0.4, -0.2) is 5.91 Å². The lowest BCUT2D eigenvalue weighted by Crippen LogP contribution is -2.36. The Bertz CT molecular complexity index is 404. The molecule has 1 aromatic carbocycles. The molecule has 92 valence electrons. The van der Waals surface area contributed by atoms with Crippen LogP contribution >= 0.6 is 15.9 Å². The van der Waals surface area contributed by atoms with E-state index in [9.17, 15) is 4.79 Å². The van der Waals surface area contributed by atoms with Gasteiger partial charge in [-0.1, -0.05) is 32.1 Å². The zero-order valence-corrected chi connectivity index (χ0v) is 11.5. The number of hydrazine groups is 1. The Labute approximate surface area is 110 Å². The molecule has 0 bridgehead atoms. The number of rotatable bonds is 6. The minimum atomic E-state index is -0.171. The smallest absolute Gasteiger partial charge is 0.270 e. The molecule has 0 saturated carbocycles. The van der Waals surface area contributed by atoms with Crippen molar-refractivity contribution in [3.05, 3.63) is 46.6 Å². The zero-order chi connectivity index (χ0) is 12.7. The highest BCUT2D eigenvalue weighted by atomic mass is 79.9. The first kappa shape index (κ1) is 13.8. The molecule has 0 radical (unpaired) electrons. The first-order valence-corrected chi connectivity index (χ1v) is 6.43. The number of amides is 1. The van der Waals surface area contributed by atoms with Crippen LogP contribution in [0, 0.1) is 0 Å². The third-order valence-electron chi connectivity index (χ3n) is 2.30. The van der Waals surface area contributed by atoms with Gasteiger partial charge in [-0.25, -0.2) is 0 Å². The number of halogens is 1. The highest BCUT2D eigenvalue weighted by Gasteiger charge is 2.08. The lowest BCUT2D eigenvalue weighted by Gasteiger charge is -2.11. The van der Waals surface area contributed by atoms with Gasteiger partial charge in [-0.2, -0.15) is 0 Å². The summed E-state index contributed by atoms with van der Waals surface area (Å²) in [6.45, 7) is 5.96. The summed E-state index contributed by atoms with van der Waals surface area (Å²) in [5, 5.41) is 0. The van der Waals surface area contributed by atoms with E-state index in [0.29, 0.717) is 5.56 Å². The van der Waals surface area contributed by atoms with Crippen molar-refractivity contribution in [3.8, 4) is 0 Å². The fourth-order valence-electron chi connectivity index (χ4n) is 1.31. The molecule has 0 unspecified atom stereocenters. The summed E-state index contributed by atoms with van der Waals surface area (Å²) in [5.41, 5.74) is 6.88. The van der Waals surface area contributed by atoms with Gasteiger partial charge in [0.1, 0.15) is 0 Å². The summed E-state index contributed by atoms with van der Waals surface area (Å²) < 4.78 is 0.776. The quantitative estimate of drug-likeness (QED) is 0.790. The molecule has 0 aromatic heterocycles. The SMILES string of the molecule is C=C(CCCC)NNC(=O)c1ccccc1Br. The van der Waals surface area contributed by atoms with E-state index >= 15 is 0 Å². The van der Waals surface area contributed by atoms with Crippen LogP contribution in [0.5, 0.6) is 0 Å². The van der Waals surface area contributed by atoms with Crippen molar-refractivity contribution in [1.29, 1.82) is 0 Å². The maximum Gasteiger partial charge on any atom is 0.270 e. The van der Waals surface area contributed by atoms with Gasteiger partial charge in [-0.3, -0.25) is 10.2 Å². The number of hydrogen-bond acceptors (Lipinski definition) is 2. The molecular formula is C13H17BrN2O. The summed E-state index contributed by atoms with van der Waals surface area (Å²) in [4.78, 5) is 11.8. The lowest BCUT2D eigenvalue weighted by atomic mass is 10.2. The molecule has 0 atom stereocenters. The maximum absolute atomic E-state index is 11.8. The third kappa shape index (κ3) is 4.61. The highest BCUT2D eigenvalue weighted by Crippen LogP contribution is 2.15. The number of allylic oxidation sites excluding steroid dienone is 1. The number of carbonyl (C=O) groups excluding carboxylic acids is 1. The van der Waals surface area contributed by atoms with Crippen LogP contribution in [0.15, 0.2) is 41.0 Å². The van der Waals surface area contributed by atoms with Crippen molar-refractivity contribution in [3.63, 3.8) is 0 Å². The Hall–Kier alpha value is -1.29. The van der Waals surface area contributed by atoms with Crippen LogP contribution in [0.25, 0.3) is 0 Å². The Balaban J connectivity index is 2.45. The topological polar surface area (TPSA) is 41.1 Å². The van der Waals surface area contributed by atoms with Gasteiger partial charge >= 0.3 is 0 Å². The molecule has 1 aromatic rings. The predicted octanol–water partition coefficient (Wildman–Crippen LogP) is 3.39. The van der Waals surface area contributed by atoms with E-state index < -0.39 is 0 Å². The van der Waals surface area contributed by atoms with Gasteiger partial charge in [0.25, 0.3) is 5.91 Å². The van der Waals surface area contributed by atoms with Crippen molar-refractivity contribution in [2.24, 2.45) is 0 Å². The van der Waals surface area contributed by atoms with Gasteiger partial charge in [-0.05, 0) is 40.9 Å². The Morgan fingerprint density at radius 1 is 1.35 bits per heavy atom. The Kier molecular flexibility index (Phi) is 5.77. The fraction of sp³-hybridized carbons (Fsp3) is 0.308. The van der Waals surface area contributed by atoms with Crippen LogP contribution in [0.3, 0.4) is 0 Å². The first-order chi connectivity index (χ1) is 8.15. The maximum atomic E-state index is 11.8. The van der Waals surface area contributed by atoms with Crippen molar-refractivity contribution >= 4 is 21.8 Å². The molecule has 17 heavy (non-hydrogen) atoms. The predicted molar refractivity (Wildman–Crippen MR) is 73.4 cm³/mol. The van der Waals surface area contributed by atoms with Gasteiger partial charge < -0.3 is 5.43 Å². The van der Waals surface area contributed by atoms with Gasteiger partial charge in [0.2, 0.25) is 0 Å². The minimum Gasteiger partial charge on any atom is -0.303 e. The van der Waals surface area contributed by atoms with E-state index in [-0.39, 0.29) is 5.91 Å². The molecule has 1 amide bonds. The second-order valence-corrected chi connectivity index (χ2v) is 4.62. The normalized spacial score (nSPS) is 9.76. The number of benzene rings is 1. The fourth-order valence-corrected chi connectivity index (χ4v) is 1.78. The Morgan fingerprint density at radius 3 is 2.71 bits per heavy atom. The summed E-state index contributed by atoms with van der Waals surface area (Å²) in [5.74, 6) is -0.171. The third-order valence-corrected chi connectivity index (χ3v) is 2.99. The first-order valence-electron chi connectivity index (χ1n) is 5.63. The average Bonchev–Trinajstić information content (AvgIpc) is 2.34. The molecule has 3 nitrogen and oxygen atoms in total. The van der Waals surface area contributed by atoms with E-state index in [1.54, 1.807) is 6.07 Å². The van der Waals surface area contributed by atoms with Gasteiger partial charge in [0.15, 0.2) is 0 Å². The van der Waals surface area contributed by atoms with E-state index in [2.05, 4.69) is 40.3 Å². The van der Waals surface area contributed by atoms with Crippen LogP contribution in [0.1, 0.15) is 36.5 Å². The molecule has 0 aliphatic rings. The van der Waals surface area contributed by atoms with Gasteiger partial charge in [0.05, 0.1) is 5.56 Å². The van der Waals surface area contributed by atoms with E-state index in [1.165, 1.54) is 0 Å². The standard InChI is InChI=1S/C13H17BrN2O/c1-3-4-7-10(2)15-16-13(17)11-8-5-6-9-12(11)14/h5-6,8-9,15H,2-4,7H2,1H3,(H,16,17). The van der Waals surface area contributed by atoms with Crippen LogP contribution in [0.4, 0.5) is 0 Å². The summed E-state index contributed by atoms with van der Waals surface area (Å²) in [6, 6.07) is 7.29. The molecule has 0 aliphatic carbocycles. The van der Waals surface area contributed by atoms with Gasteiger partial charge in [-0.15, -0.1) is 0 Å². The summed E-state index contributed by atoms with van der Waals surface area (Å²) in [7, 11) is 0. The molecule has 4 heteroatoms. The van der Waals surface area contributed by atoms with Crippen molar-refractivity contribution in [2.45, 2.75) is 26.2 Å². The molecule has 0 aliphatic heterocycles. The van der Waals surface area contributed by atoms with E-state index in [0.717, 1.165) is 29.4 Å². The summed E-state index contributed by atoms with van der Waals surface area (Å²) >= 11 is 3.33. The molecule has 0 fully saturated rings. The average molecular weight is 297 g/mol. The number of hydrogen-bond donors (Lipinski definition) is 2. The van der Waals surface area contributed by atoms with E-state index in [1.807, 2.05) is 18.2 Å². The van der Waals surface area contributed by atoms with Crippen LogP contribution in [-0.2, 0) is 0 Å². The van der Waals surface area contributed by atoms with Crippen molar-refractivity contribution in [2.75, 3.05) is 0 Å². The minimum absolute atomic E-state index is 0.171. The molecule has 0 heterocycles. The van der Waals surface area contributed by atoms with Crippen molar-refractivity contribution < 1.29 is 4.79 Å². The van der Waals surface area contributed by atoms with Crippen LogP contribution in [0.2, 0.25) is 0 Å². The van der Waals surface area contributed by atoms with Crippen LogP contribution < -0.4 is 10.9 Å². The van der Waals surface area contributed by atoms with E-state index in [4.69, 9.17) is 0 Å². The number of carbonyl (C=O) groups is 1.